The third-order valence-corrected chi connectivity index (χ3v) is 3.76. The van der Waals surface area contributed by atoms with Gasteiger partial charge in [0.2, 0.25) is 10.0 Å². The summed E-state index contributed by atoms with van der Waals surface area (Å²) in [6, 6.07) is 2.60. The Balaban J connectivity index is 2.94. The zero-order valence-electron chi connectivity index (χ0n) is 10.2. The van der Waals surface area contributed by atoms with Crippen LogP contribution in [0.5, 0.6) is 0 Å². The minimum atomic E-state index is -4.07. The standard InChI is InChI=1S/C11H14FNO5S/c1-18-6-2-5-13-19(16,17)10-7-8(11(14)15)3-4-9(10)12/h3-4,7,13H,2,5-6H2,1H3,(H,14,15). The Bertz CT molecular complexity index is 558. The van der Waals surface area contributed by atoms with E-state index in [2.05, 4.69) is 4.72 Å². The first-order chi connectivity index (χ1) is 8.88. The Morgan fingerprint density at radius 3 is 2.74 bits per heavy atom. The normalized spacial score (nSPS) is 11.5. The number of rotatable bonds is 7. The predicted octanol–water partition coefficient (Wildman–Crippen LogP) is 0.839. The van der Waals surface area contributed by atoms with Crippen LogP contribution < -0.4 is 4.72 Å². The number of carboxylic acids is 1. The molecule has 0 unspecified atom stereocenters. The van der Waals surface area contributed by atoms with Crippen LogP contribution in [0.4, 0.5) is 4.39 Å². The Morgan fingerprint density at radius 2 is 2.16 bits per heavy atom. The molecule has 1 rings (SSSR count). The van der Waals surface area contributed by atoms with Crippen molar-refractivity contribution in [2.24, 2.45) is 0 Å². The first kappa shape index (κ1) is 15.5. The number of benzene rings is 1. The van der Waals surface area contributed by atoms with Crippen LogP contribution in [0.2, 0.25) is 0 Å². The molecule has 8 heteroatoms. The number of carbonyl (C=O) groups is 1. The molecule has 19 heavy (non-hydrogen) atoms. The van der Waals surface area contributed by atoms with Crippen LogP contribution in [0.15, 0.2) is 23.1 Å². The summed E-state index contributed by atoms with van der Waals surface area (Å²) >= 11 is 0. The summed E-state index contributed by atoms with van der Waals surface area (Å²) in [6.45, 7) is 0.438. The number of sulfonamides is 1. The lowest BCUT2D eigenvalue weighted by molar-refractivity contribution is 0.0696. The number of aromatic carboxylic acids is 1. The van der Waals surface area contributed by atoms with Crippen molar-refractivity contribution < 1.29 is 27.4 Å². The summed E-state index contributed by atoms with van der Waals surface area (Å²) in [5.41, 5.74) is -0.293. The molecule has 2 N–H and O–H groups in total. The molecule has 6 nitrogen and oxygen atoms in total. The molecule has 0 heterocycles. The molecule has 0 aliphatic rings. The monoisotopic (exact) mass is 291 g/mol. The van der Waals surface area contributed by atoms with Crippen molar-refractivity contribution in [1.29, 1.82) is 0 Å². The van der Waals surface area contributed by atoms with Crippen molar-refractivity contribution in [1.82, 2.24) is 4.72 Å². The minimum Gasteiger partial charge on any atom is -0.478 e. The highest BCUT2D eigenvalue weighted by molar-refractivity contribution is 7.89. The molecule has 0 saturated heterocycles. The first-order valence-electron chi connectivity index (χ1n) is 5.40. The molecule has 106 valence electrons. The summed E-state index contributed by atoms with van der Waals surface area (Å²) in [5, 5.41) is 8.76. The number of ether oxygens (including phenoxy) is 1. The molecule has 0 fully saturated rings. The second kappa shape index (κ2) is 6.60. The maximum Gasteiger partial charge on any atom is 0.335 e. The van der Waals surface area contributed by atoms with Gasteiger partial charge in [-0.3, -0.25) is 0 Å². The Morgan fingerprint density at radius 1 is 1.47 bits per heavy atom. The maximum atomic E-state index is 13.5. The third-order valence-electron chi connectivity index (χ3n) is 2.28. The number of halogens is 1. The molecular weight excluding hydrogens is 277 g/mol. The molecule has 0 saturated carbocycles. The highest BCUT2D eigenvalue weighted by Gasteiger charge is 2.20. The second-order valence-electron chi connectivity index (χ2n) is 3.69. The molecule has 0 aromatic heterocycles. The lowest BCUT2D eigenvalue weighted by atomic mass is 10.2. The van der Waals surface area contributed by atoms with E-state index >= 15 is 0 Å². The number of methoxy groups -OCH3 is 1. The van der Waals surface area contributed by atoms with E-state index in [0.717, 1.165) is 18.2 Å². The Labute approximate surface area is 110 Å². The van der Waals surface area contributed by atoms with E-state index in [0.29, 0.717) is 13.0 Å². The molecule has 0 amide bonds. The molecule has 0 aliphatic carbocycles. The van der Waals surface area contributed by atoms with Gasteiger partial charge in [0.15, 0.2) is 0 Å². The van der Waals surface area contributed by atoms with Gasteiger partial charge in [-0.2, -0.15) is 0 Å². The van der Waals surface area contributed by atoms with Crippen LogP contribution >= 0.6 is 0 Å². The van der Waals surface area contributed by atoms with Gasteiger partial charge >= 0.3 is 5.97 Å². The van der Waals surface area contributed by atoms with Gasteiger partial charge in [-0.25, -0.2) is 22.3 Å². The molecule has 0 radical (unpaired) electrons. The van der Waals surface area contributed by atoms with Gasteiger partial charge in [0, 0.05) is 20.3 Å². The SMILES string of the molecule is COCCCNS(=O)(=O)c1cc(C(=O)O)ccc1F. The van der Waals surface area contributed by atoms with E-state index in [1.54, 1.807) is 0 Å². The summed E-state index contributed by atoms with van der Waals surface area (Å²) in [6.07, 6.45) is 0.427. The lowest BCUT2D eigenvalue weighted by Gasteiger charge is -2.08. The van der Waals surface area contributed by atoms with E-state index in [-0.39, 0.29) is 12.1 Å². The van der Waals surface area contributed by atoms with Gasteiger partial charge in [0.1, 0.15) is 10.7 Å². The fourth-order valence-electron chi connectivity index (χ4n) is 1.34. The number of hydrogen-bond donors (Lipinski definition) is 2. The molecule has 0 aliphatic heterocycles. The molecule has 1 aromatic rings. The average Bonchev–Trinajstić information content (AvgIpc) is 2.34. The summed E-state index contributed by atoms with van der Waals surface area (Å²) < 4.78 is 44.0. The molecular formula is C11H14FNO5S. The first-order valence-corrected chi connectivity index (χ1v) is 6.88. The smallest absolute Gasteiger partial charge is 0.335 e. The van der Waals surface area contributed by atoms with E-state index < -0.39 is 26.7 Å². The highest BCUT2D eigenvalue weighted by atomic mass is 32.2. The van der Waals surface area contributed by atoms with Crippen molar-refractivity contribution in [3.8, 4) is 0 Å². The average molecular weight is 291 g/mol. The van der Waals surface area contributed by atoms with Crippen LogP contribution in [0, 0.1) is 5.82 Å². The largest absolute Gasteiger partial charge is 0.478 e. The van der Waals surface area contributed by atoms with Gasteiger partial charge < -0.3 is 9.84 Å². The lowest BCUT2D eigenvalue weighted by Crippen LogP contribution is -2.26. The molecule has 0 atom stereocenters. The fraction of sp³-hybridized carbons (Fsp3) is 0.364. The molecule has 0 spiro atoms. The van der Waals surface area contributed by atoms with E-state index in [9.17, 15) is 17.6 Å². The van der Waals surface area contributed by atoms with Crippen molar-refractivity contribution in [2.45, 2.75) is 11.3 Å². The van der Waals surface area contributed by atoms with Crippen LogP contribution in [0.1, 0.15) is 16.8 Å². The number of nitrogens with one attached hydrogen (secondary N) is 1. The van der Waals surface area contributed by atoms with Gasteiger partial charge in [-0.15, -0.1) is 0 Å². The highest BCUT2D eigenvalue weighted by Crippen LogP contribution is 2.16. The maximum absolute atomic E-state index is 13.5. The van der Waals surface area contributed by atoms with E-state index in [1.807, 2.05) is 0 Å². The van der Waals surface area contributed by atoms with Crippen LogP contribution in [0.25, 0.3) is 0 Å². The van der Waals surface area contributed by atoms with Gasteiger partial charge in [-0.05, 0) is 24.6 Å². The zero-order valence-corrected chi connectivity index (χ0v) is 11.0. The summed E-state index contributed by atoms with van der Waals surface area (Å²) in [4.78, 5) is 10.1. The summed E-state index contributed by atoms with van der Waals surface area (Å²) in [5.74, 6) is -2.32. The van der Waals surface area contributed by atoms with Gasteiger partial charge in [0.25, 0.3) is 0 Å². The minimum absolute atomic E-state index is 0.0763. The number of carboxylic acid groups (broad SMARTS) is 1. The molecule has 0 bridgehead atoms. The van der Waals surface area contributed by atoms with E-state index in [4.69, 9.17) is 9.84 Å². The number of hydrogen-bond acceptors (Lipinski definition) is 4. The van der Waals surface area contributed by atoms with Crippen LogP contribution in [-0.4, -0.2) is 39.8 Å². The van der Waals surface area contributed by atoms with Crippen molar-refractivity contribution >= 4 is 16.0 Å². The van der Waals surface area contributed by atoms with Gasteiger partial charge in [0.05, 0.1) is 5.56 Å². The van der Waals surface area contributed by atoms with Crippen molar-refractivity contribution in [3.63, 3.8) is 0 Å². The van der Waals surface area contributed by atoms with Crippen LogP contribution in [0.3, 0.4) is 0 Å². The second-order valence-corrected chi connectivity index (χ2v) is 5.43. The Kier molecular flexibility index (Phi) is 5.40. The van der Waals surface area contributed by atoms with Gasteiger partial charge in [-0.1, -0.05) is 0 Å². The fourth-order valence-corrected chi connectivity index (χ4v) is 2.52. The summed E-state index contributed by atoms with van der Waals surface area (Å²) in [7, 11) is -2.59. The van der Waals surface area contributed by atoms with Crippen LogP contribution in [-0.2, 0) is 14.8 Å². The predicted molar refractivity (Wildman–Crippen MR) is 65.0 cm³/mol. The van der Waals surface area contributed by atoms with E-state index in [1.165, 1.54) is 7.11 Å². The van der Waals surface area contributed by atoms with Crippen molar-refractivity contribution in [3.05, 3.63) is 29.6 Å². The third kappa shape index (κ3) is 4.27. The Hall–Kier alpha value is -1.51. The van der Waals surface area contributed by atoms with Crippen molar-refractivity contribution in [2.75, 3.05) is 20.3 Å². The topological polar surface area (TPSA) is 92.7 Å². The zero-order chi connectivity index (χ0) is 14.5. The quantitative estimate of drug-likeness (QED) is 0.726. The molecule has 1 aromatic carbocycles.